The number of unbranched alkanes of at least 4 members (excludes halogenated alkanes) is 23. The van der Waals surface area contributed by atoms with Gasteiger partial charge in [0.2, 0.25) is 0 Å². The number of carbonyl (C=O) groups is 2. The van der Waals surface area contributed by atoms with Crippen LogP contribution in [0.1, 0.15) is 214 Å². The molecule has 0 saturated heterocycles. The van der Waals surface area contributed by atoms with Gasteiger partial charge in [-0.1, -0.05) is 188 Å². The minimum Gasteiger partial charge on any atom is -0.347 e. The van der Waals surface area contributed by atoms with E-state index in [2.05, 4.69) is 13.8 Å². The van der Waals surface area contributed by atoms with E-state index in [9.17, 15) is 9.59 Å². The molecule has 0 N–H and O–H groups in total. The summed E-state index contributed by atoms with van der Waals surface area (Å²) < 4.78 is 11.5. The predicted octanol–water partition coefficient (Wildman–Crippen LogP) is 12.7. The Labute approximate surface area is 260 Å². The molecule has 0 saturated carbocycles. The van der Waals surface area contributed by atoms with Gasteiger partial charge < -0.3 is 8.37 Å². The minimum absolute atomic E-state index is 0.173. The van der Waals surface area contributed by atoms with E-state index in [1.54, 1.807) is 0 Å². The van der Waals surface area contributed by atoms with Crippen molar-refractivity contribution in [2.45, 2.75) is 219 Å². The molecule has 0 aromatic heterocycles. The van der Waals surface area contributed by atoms with Crippen LogP contribution in [0, 0.1) is 0 Å². The summed E-state index contributed by atoms with van der Waals surface area (Å²) in [5.74, 6) is -0.492. The summed E-state index contributed by atoms with van der Waals surface area (Å²) >= 11 is -1.49. The lowest BCUT2D eigenvalue weighted by molar-refractivity contribution is -0.136. The molecule has 41 heavy (non-hydrogen) atoms. The first kappa shape index (κ1) is 40.3. The predicted molar refractivity (Wildman–Crippen MR) is 182 cm³/mol. The molecule has 0 spiro atoms. The Bertz CT molecular complexity index is 550. The van der Waals surface area contributed by atoms with Crippen molar-refractivity contribution in [1.29, 1.82) is 0 Å². The fraction of sp³-hybridized carbons (Fsp3) is 0.944. The molecule has 4 nitrogen and oxygen atoms in total. The lowest BCUT2D eigenvalue weighted by Crippen LogP contribution is -2.18. The third-order valence-corrected chi connectivity index (χ3v) is 10.2. The van der Waals surface area contributed by atoms with Crippen LogP contribution >= 0.6 is 11.5 Å². The van der Waals surface area contributed by atoms with Crippen molar-refractivity contribution in [3.8, 4) is 0 Å². The molecule has 0 amide bonds. The van der Waals surface area contributed by atoms with E-state index in [1.807, 2.05) is 13.8 Å². The zero-order valence-corrected chi connectivity index (χ0v) is 29.1. The molecule has 5 heteroatoms. The van der Waals surface area contributed by atoms with Gasteiger partial charge in [-0.15, -0.1) is 11.5 Å². The maximum atomic E-state index is 12.2. The first-order chi connectivity index (χ1) is 20.1. The number of hydrogen-bond acceptors (Lipinski definition) is 4. The smallest absolute Gasteiger partial charge is 0.328 e. The molecule has 0 heterocycles. The molecule has 0 rings (SSSR count). The van der Waals surface area contributed by atoms with Crippen molar-refractivity contribution in [2.24, 2.45) is 0 Å². The second-order valence-electron chi connectivity index (χ2n) is 12.3. The molecule has 0 fully saturated rings. The van der Waals surface area contributed by atoms with E-state index in [0.29, 0.717) is 12.8 Å². The molecule has 0 aliphatic heterocycles. The maximum absolute atomic E-state index is 12.2. The van der Waals surface area contributed by atoms with Gasteiger partial charge in [-0.2, -0.15) is 0 Å². The van der Waals surface area contributed by atoms with Crippen LogP contribution in [0.5, 0.6) is 0 Å². The van der Waals surface area contributed by atoms with E-state index in [4.69, 9.17) is 8.37 Å². The molecular weight excluding hydrogens is 528 g/mol. The second kappa shape index (κ2) is 32.2. The Morgan fingerprint density at radius 3 is 0.902 bits per heavy atom. The summed E-state index contributed by atoms with van der Waals surface area (Å²) in [6, 6.07) is 0. The number of rotatable bonds is 32. The minimum atomic E-state index is -1.49. The van der Waals surface area contributed by atoms with Crippen molar-refractivity contribution in [1.82, 2.24) is 0 Å². The van der Waals surface area contributed by atoms with Gasteiger partial charge >= 0.3 is 11.9 Å². The van der Waals surface area contributed by atoms with Gasteiger partial charge in [-0.05, 0) is 12.8 Å². The zero-order valence-electron chi connectivity index (χ0n) is 28.2. The van der Waals surface area contributed by atoms with Crippen LogP contribution in [0.2, 0.25) is 0 Å². The summed E-state index contributed by atoms with van der Waals surface area (Å²) in [4.78, 5) is 24.3. The van der Waals surface area contributed by atoms with Gasteiger partial charge in [0.1, 0.15) is 0 Å². The highest BCUT2D eigenvalue weighted by Crippen LogP contribution is 2.41. The highest BCUT2D eigenvalue weighted by atomic mass is 32.2. The summed E-state index contributed by atoms with van der Waals surface area (Å²) in [7, 11) is 0. The van der Waals surface area contributed by atoms with E-state index in [1.165, 1.54) is 148 Å². The lowest BCUT2D eigenvalue weighted by atomic mass is 10.0. The SMILES string of the molecule is CCCCCCCCCCCCCCCCCC(CCCCCCCCCCCC)[SH](OC(=O)CC)OC(=O)CC. The summed E-state index contributed by atoms with van der Waals surface area (Å²) in [5.41, 5.74) is 0. The van der Waals surface area contributed by atoms with E-state index in [-0.39, 0.29) is 17.2 Å². The van der Waals surface area contributed by atoms with Crippen molar-refractivity contribution in [3.05, 3.63) is 0 Å². The lowest BCUT2D eigenvalue weighted by Gasteiger charge is -2.32. The largest absolute Gasteiger partial charge is 0.347 e. The van der Waals surface area contributed by atoms with Crippen molar-refractivity contribution >= 4 is 23.4 Å². The first-order valence-corrected chi connectivity index (χ1v) is 19.5. The molecule has 0 radical (unpaired) electrons. The van der Waals surface area contributed by atoms with Crippen LogP contribution in [-0.2, 0) is 18.0 Å². The van der Waals surface area contributed by atoms with E-state index < -0.39 is 11.5 Å². The molecule has 0 aliphatic rings. The van der Waals surface area contributed by atoms with Crippen molar-refractivity contribution in [3.63, 3.8) is 0 Å². The Balaban J connectivity index is 4.29. The Morgan fingerprint density at radius 1 is 0.415 bits per heavy atom. The van der Waals surface area contributed by atoms with Gasteiger partial charge in [-0.3, -0.25) is 9.59 Å². The summed E-state index contributed by atoms with van der Waals surface area (Å²) in [6.07, 6.45) is 36.1. The highest BCUT2D eigenvalue weighted by Gasteiger charge is 2.22. The van der Waals surface area contributed by atoms with Gasteiger partial charge in [0, 0.05) is 12.8 Å². The third-order valence-electron chi connectivity index (χ3n) is 8.29. The molecule has 0 aliphatic carbocycles. The number of hydrogen-bond donors (Lipinski definition) is 1. The molecule has 0 aromatic carbocycles. The molecular formula is C36H72O4S. The van der Waals surface area contributed by atoms with Crippen LogP contribution in [0.3, 0.4) is 0 Å². The van der Waals surface area contributed by atoms with Crippen molar-refractivity contribution < 1.29 is 18.0 Å². The van der Waals surface area contributed by atoms with Gasteiger partial charge in [0.15, 0.2) is 0 Å². The van der Waals surface area contributed by atoms with Crippen LogP contribution in [-0.4, -0.2) is 17.2 Å². The highest BCUT2D eigenvalue weighted by molar-refractivity contribution is 8.09. The van der Waals surface area contributed by atoms with E-state index in [0.717, 1.165) is 25.7 Å². The van der Waals surface area contributed by atoms with Crippen LogP contribution in [0.25, 0.3) is 0 Å². The molecule has 1 unspecified atom stereocenters. The summed E-state index contributed by atoms with van der Waals surface area (Å²) in [6.45, 7) is 8.17. The Hall–Kier alpha value is -0.710. The van der Waals surface area contributed by atoms with E-state index >= 15 is 0 Å². The maximum Gasteiger partial charge on any atom is 0.328 e. The Kier molecular flexibility index (Phi) is 31.7. The van der Waals surface area contributed by atoms with Gasteiger partial charge in [0.05, 0.1) is 5.25 Å². The van der Waals surface area contributed by atoms with Gasteiger partial charge in [0.25, 0.3) is 0 Å². The number of thiol groups is 1. The molecule has 0 bridgehead atoms. The van der Waals surface area contributed by atoms with Gasteiger partial charge in [-0.25, -0.2) is 0 Å². The average molecular weight is 601 g/mol. The van der Waals surface area contributed by atoms with Crippen LogP contribution in [0.4, 0.5) is 0 Å². The monoisotopic (exact) mass is 601 g/mol. The molecule has 246 valence electrons. The first-order valence-electron chi connectivity index (χ1n) is 18.3. The third kappa shape index (κ3) is 27.9. The van der Waals surface area contributed by atoms with Crippen LogP contribution < -0.4 is 0 Å². The summed E-state index contributed by atoms with van der Waals surface area (Å²) in [5, 5.41) is 0.173. The quantitative estimate of drug-likeness (QED) is 0.0616. The number of carbonyl (C=O) groups excluding carboxylic acids is 2. The molecule has 1 atom stereocenters. The fourth-order valence-electron chi connectivity index (χ4n) is 5.47. The Morgan fingerprint density at radius 2 is 0.659 bits per heavy atom. The molecule has 0 aromatic rings. The standard InChI is InChI=1S/C36H72O4S/c1-5-9-11-13-15-17-19-20-21-22-23-25-27-29-31-33-34(41(39-35(37)7-3)40-36(38)8-4)32-30-28-26-24-18-16-14-12-10-6-2/h34,41H,5-33H2,1-4H3. The normalized spacial score (nSPS) is 12.3. The average Bonchev–Trinajstić information content (AvgIpc) is 2.98. The second-order valence-corrected chi connectivity index (χ2v) is 13.9. The zero-order chi connectivity index (χ0) is 30.2. The fourth-order valence-corrected chi connectivity index (χ4v) is 7.25. The van der Waals surface area contributed by atoms with Crippen molar-refractivity contribution in [2.75, 3.05) is 0 Å². The van der Waals surface area contributed by atoms with Crippen LogP contribution in [0.15, 0.2) is 0 Å². The topological polar surface area (TPSA) is 52.6 Å².